The largest absolute Gasteiger partial charge is 0.359 e. The molecule has 0 N–H and O–H groups in total. The lowest BCUT2D eigenvalue weighted by Gasteiger charge is -2.21. The fraction of sp³-hybridized carbons (Fsp3) is 0.895. The fourth-order valence-corrected chi connectivity index (χ4v) is 3.00. The third-order valence-corrected chi connectivity index (χ3v) is 4.45. The lowest BCUT2D eigenvalue weighted by atomic mass is 10.1. The van der Waals surface area contributed by atoms with Gasteiger partial charge in [-0.2, -0.15) is 0 Å². The first-order valence-electron chi connectivity index (χ1n) is 9.53. The van der Waals surface area contributed by atoms with Crippen LogP contribution in [0.5, 0.6) is 0 Å². The summed E-state index contributed by atoms with van der Waals surface area (Å²) in [6.07, 6.45) is 21.3. The van der Waals surface area contributed by atoms with Gasteiger partial charge in [0.05, 0.1) is 6.67 Å². The number of rotatable bonds is 14. The summed E-state index contributed by atoms with van der Waals surface area (Å²) in [5.74, 6) is 0. The van der Waals surface area contributed by atoms with Gasteiger partial charge in [-0.25, -0.2) is 0 Å². The first-order chi connectivity index (χ1) is 10.4. The molecule has 0 aromatic carbocycles. The van der Waals surface area contributed by atoms with Crippen molar-refractivity contribution in [1.29, 1.82) is 0 Å². The molecular formula is C19H38N2. The molecule has 0 amide bonds. The zero-order valence-corrected chi connectivity index (χ0v) is 14.7. The number of unbranched alkanes of at least 4 members (excludes halogenated alkanes) is 10. The van der Waals surface area contributed by atoms with E-state index >= 15 is 0 Å². The molecule has 1 aliphatic rings. The van der Waals surface area contributed by atoms with Gasteiger partial charge in [0.25, 0.3) is 0 Å². The van der Waals surface area contributed by atoms with E-state index in [1.807, 2.05) is 0 Å². The minimum Gasteiger partial charge on any atom is -0.359 e. The molecular weight excluding hydrogens is 256 g/mol. The second-order valence-electron chi connectivity index (χ2n) is 6.60. The summed E-state index contributed by atoms with van der Waals surface area (Å²) >= 11 is 0. The van der Waals surface area contributed by atoms with Gasteiger partial charge in [0.1, 0.15) is 0 Å². The van der Waals surface area contributed by atoms with Gasteiger partial charge in [-0.15, -0.1) is 0 Å². The van der Waals surface area contributed by atoms with Crippen molar-refractivity contribution in [3.63, 3.8) is 0 Å². The van der Waals surface area contributed by atoms with E-state index in [-0.39, 0.29) is 0 Å². The van der Waals surface area contributed by atoms with Gasteiger partial charge < -0.3 is 9.80 Å². The lowest BCUT2D eigenvalue weighted by molar-refractivity contribution is 0.257. The Balaban J connectivity index is 1.89. The highest BCUT2D eigenvalue weighted by atomic mass is 15.3. The van der Waals surface area contributed by atoms with Gasteiger partial charge in [-0.05, 0) is 12.8 Å². The van der Waals surface area contributed by atoms with Gasteiger partial charge in [0.15, 0.2) is 0 Å². The summed E-state index contributed by atoms with van der Waals surface area (Å²) < 4.78 is 0. The molecule has 0 atom stereocenters. The molecule has 0 bridgehead atoms. The molecule has 0 saturated heterocycles. The topological polar surface area (TPSA) is 6.48 Å². The molecule has 1 rings (SSSR count). The first-order valence-corrected chi connectivity index (χ1v) is 9.53. The van der Waals surface area contributed by atoms with Crippen molar-refractivity contribution in [3.05, 3.63) is 12.4 Å². The Hall–Kier alpha value is -0.660. The standard InChI is InChI=1S/C19H38N2/c1-3-5-7-9-10-12-14-16-21-18-17-20(19-21)15-13-11-8-6-4-2/h17-18H,3-16,19H2,1-2H3. The predicted molar refractivity (Wildman–Crippen MR) is 94.2 cm³/mol. The minimum absolute atomic E-state index is 1.13. The van der Waals surface area contributed by atoms with Gasteiger partial charge >= 0.3 is 0 Å². The van der Waals surface area contributed by atoms with Crippen LogP contribution < -0.4 is 0 Å². The van der Waals surface area contributed by atoms with Crippen molar-refractivity contribution < 1.29 is 0 Å². The molecule has 0 aliphatic carbocycles. The van der Waals surface area contributed by atoms with Crippen LogP contribution >= 0.6 is 0 Å². The van der Waals surface area contributed by atoms with Gasteiger partial charge in [0, 0.05) is 25.5 Å². The van der Waals surface area contributed by atoms with Crippen LogP contribution in [0, 0.1) is 0 Å². The second-order valence-corrected chi connectivity index (χ2v) is 6.60. The SMILES string of the molecule is CCCCCCCCCN1C=CN(CCCCCCC)C1. The molecule has 2 nitrogen and oxygen atoms in total. The van der Waals surface area contributed by atoms with E-state index in [1.165, 1.54) is 90.1 Å². The highest BCUT2D eigenvalue weighted by Gasteiger charge is 2.10. The smallest absolute Gasteiger partial charge is 0.0893 e. The van der Waals surface area contributed by atoms with E-state index in [0.717, 1.165) is 6.67 Å². The van der Waals surface area contributed by atoms with E-state index < -0.39 is 0 Å². The zero-order valence-electron chi connectivity index (χ0n) is 14.7. The monoisotopic (exact) mass is 294 g/mol. The fourth-order valence-electron chi connectivity index (χ4n) is 3.00. The van der Waals surface area contributed by atoms with Gasteiger partial charge in [-0.1, -0.05) is 78.1 Å². The van der Waals surface area contributed by atoms with Crippen LogP contribution in [-0.2, 0) is 0 Å². The third-order valence-electron chi connectivity index (χ3n) is 4.45. The highest BCUT2D eigenvalue weighted by Crippen LogP contribution is 2.12. The van der Waals surface area contributed by atoms with Gasteiger partial charge in [0.2, 0.25) is 0 Å². The van der Waals surface area contributed by atoms with E-state index in [1.54, 1.807) is 0 Å². The van der Waals surface area contributed by atoms with E-state index in [4.69, 9.17) is 0 Å². The Kier molecular flexibility index (Phi) is 11.4. The summed E-state index contributed by atoms with van der Waals surface area (Å²) in [6.45, 7) is 8.19. The Morgan fingerprint density at radius 2 is 0.952 bits per heavy atom. The molecule has 0 spiro atoms. The molecule has 0 unspecified atom stereocenters. The molecule has 0 aromatic heterocycles. The van der Waals surface area contributed by atoms with Gasteiger partial charge in [-0.3, -0.25) is 0 Å². The quantitative estimate of drug-likeness (QED) is 0.376. The van der Waals surface area contributed by atoms with E-state index in [0.29, 0.717) is 0 Å². The highest BCUT2D eigenvalue weighted by molar-refractivity contribution is 4.90. The molecule has 0 fully saturated rings. The summed E-state index contributed by atoms with van der Waals surface area (Å²) in [5.41, 5.74) is 0. The molecule has 1 aliphatic heterocycles. The average molecular weight is 295 g/mol. The maximum absolute atomic E-state index is 2.48. The van der Waals surface area contributed by atoms with Crippen molar-refractivity contribution in [2.75, 3.05) is 19.8 Å². The van der Waals surface area contributed by atoms with Crippen LogP contribution in [0.15, 0.2) is 12.4 Å². The summed E-state index contributed by atoms with van der Waals surface area (Å²) in [7, 11) is 0. The molecule has 0 aromatic rings. The molecule has 1 heterocycles. The van der Waals surface area contributed by atoms with Crippen LogP contribution in [0.4, 0.5) is 0 Å². The van der Waals surface area contributed by atoms with Crippen molar-refractivity contribution in [2.45, 2.75) is 90.9 Å². The van der Waals surface area contributed by atoms with Crippen molar-refractivity contribution in [3.8, 4) is 0 Å². The summed E-state index contributed by atoms with van der Waals surface area (Å²) in [6, 6.07) is 0. The normalized spacial score (nSPS) is 14.4. The Bertz CT molecular complexity index is 250. The number of nitrogens with zero attached hydrogens (tertiary/aromatic N) is 2. The molecule has 0 radical (unpaired) electrons. The Morgan fingerprint density at radius 1 is 0.571 bits per heavy atom. The van der Waals surface area contributed by atoms with Crippen LogP contribution in [0.3, 0.4) is 0 Å². The second kappa shape index (κ2) is 13.0. The maximum Gasteiger partial charge on any atom is 0.0893 e. The third kappa shape index (κ3) is 9.82. The first kappa shape index (κ1) is 18.4. The zero-order chi connectivity index (χ0) is 15.2. The van der Waals surface area contributed by atoms with Crippen molar-refractivity contribution >= 4 is 0 Å². The summed E-state index contributed by atoms with van der Waals surface area (Å²) in [5, 5.41) is 0. The van der Waals surface area contributed by atoms with Crippen molar-refractivity contribution in [2.24, 2.45) is 0 Å². The van der Waals surface area contributed by atoms with Crippen LogP contribution in [0.1, 0.15) is 90.9 Å². The minimum atomic E-state index is 1.13. The van der Waals surface area contributed by atoms with E-state index in [9.17, 15) is 0 Å². The molecule has 21 heavy (non-hydrogen) atoms. The van der Waals surface area contributed by atoms with E-state index in [2.05, 4.69) is 36.0 Å². The number of hydrogen-bond acceptors (Lipinski definition) is 2. The van der Waals surface area contributed by atoms with Crippen LogP contribution in [0.2, 0.25) is 0 Å². The Labute approximate surface area is 133 Å². The predicted octanol–water partition coefficient (Wildman–Crippen LogP) is 5.75. The molecule has 2 heteroatoms. The average Bonchev–Trinajstić information content (AvgIpc) is 2.94. The number of hydrogen-bond donors (Lipinski definition) is 0. The Morgan fingerprint density at radius 3 is 1.38 bits per heavy atom. The molecule has 124 valence electrons. The molecule has 0 saturated carbocycles. The van der Waals surface area contributed by atoms with Crippen LogP contribution in [-0.4, -0.2) is 29.6 Å². The van der Waals surface area contributed by atoms with Crippen LogP contribution in [0.25, 0.3) is 0 Å². The summed E-state index contributed by atoms with van der Waals surface area (Å²) in [4.78, 5) is 4.96. The lowest BCUT2D eigenvalue weighted by Crippen LogP contribution is -2.26. The van der Waals surface area contributed by atoms with Crippen molar-refractivity contribution in [1.82, 2.24) is 9.80 Å². The maximum atomic E-state index is 2.48.